The lowest BCUT2D eigenvalue weighted by Gasteiger charge is -2.55. The van der Waals surface area contributed by atoms with Crippen molar-refractivity contribution in [3.05, 3.63) is 57.5 Å². The lowest BCUT2D eigenvalue weighted by molar-refractivity contribution is -0.130. The van der Waals surface area contributed by atoms with Gasteiger partial charge in [0.25, 0.3) is 0 Å². The Morgan fingerprint density at radius 2 is 1.95 bits per heavy atom. The minimum Gasteiger partial charge on any atom is -0.384 e. The molecule has 0 aromatic heterocycles. The zero-order valence-corrected chi connectivity index (χ0v) is 24.1. The van der Waals surface area contributed by atoms with E-state index in [1.807, 2.05) is 0 Å². The number of nitroso groups, excluding NO2 is 1. The number of ether oxygens (including phenoxy) is 1. The lowest BCUT2D eigenvalue weighted by atomic mass is 9.47. The van der Waals surface area contributed by atoms with Crippen molar-refractivity contribution in [1.29, 1.82) is 0 Å². The first-order valence-corrected chi connectivity index (χ1v) is 15.1. The van der Waals surface area contributed by atoms with Gasteiger partial charge in [0.15, 0.2) is 0 Å². The normalized spacial score (nSPS) is 37.0. The number of nitrogens with zero attached hydrogens (tertiary/aromatic N) is 2. The van der Waals surface area contributed by atoms with Gasteiger partial charge in [-0.15, -0.1) is 0 Å². The van der Waals surface area contributed by atoms with Crippen LogP contribution < -0.4 is 4.90 Å². The van der Waals surface area contributed by atoms with Crippen LogP contribution in [0, 0.1) is 45.3 Å². The van der Waals surface area contributed by atoms with Crippen LogP contribution in [0.15, 0.2) is 52.2 Å². The number of ketones is 1. The molecule has 6 heteroatoms. The summed E-state index contributed by atoms with van der Waals surface area (Å²) in [7, 11) is 0. The van der Waals surface area contributed by atoms with Crippen molar-refractivity contribution in [2.24, 2.45) is 33.8 Å². The maximum Gasteiger partial charge on any atom is 0.148 e. The van der Waals surface area contributed by atoms with Crippen LogP contribution in [0.2, 0.25) is 0 Å². The molecule has 3 unspecified atom stereocenters. The van der Waals surface area contributed by atoms with Crippen molar-refractivity contribution in [2.45, 2.75) is 71.3 Å². The molecule has 2 saturated carbocycles. The van der Waals surface area contributed by atoms with Crippen LogP contribution >= 0.6 is 0 Å². The number of rotatable bonds is 4. The van der Waals surface area contributed by atoms with E-state index in [2.05, 4.69) is 66.1 Å². The van der Waals surface area contributed by atoms with Gasteiger partial charge in [0.1, 0.15) is 18.4 Å². The quantitative estimate of drug-likeness (QED) is 0.384. The first-order chi connectivity index (χ1) is 19.3. The summed E-state index contributed by atoms with van der Waals surface area (Å²) >= 11 is 0. The minimum atomic E-state index is -0.735. The molecule has 1 aromatic rings. The Kier molecular flexibility index (Phi) is 7.25. The van der Waals surface area contributed by atoms with Gasteiger partial charge in [-0.05, 0) is 97.5 Å². The summed E-state index contributed by atoms with van der Waals surface area (Å²) in [5.74, 6) is 7.68. The van der Waals surface area contributed by atoms with Gasteiger partial charge in [0, 0.05) is 24.7 Å². The number of carbonyl (C=O) groups is 1. The second kappa shape index (κ2) is 10.6. The van der Waals surface area contributed by atoms with E-state index in [0.29, 0.717) is 17.8 Å². The zero-order valence-electron chi connectivity index (χ0n) is 24.1. The minimum absolute atomic E-state index is 0.137. The van der Waals surface area contributed by atoms with Crippen LogP contribution in [0.1, 0.15) is 70.8 Å². The fraction of sp³-hybridized carbons (Fsp3) is 0.618. The summed E-state index contributed by atoms with van der Waals surface area (Å²) in [6.07, 6.45) is 7.44. The molecule has 1 heterocycles. The molecule has 6 nitrogen and oxygen atoms in total. The van der Waals surface area contributed by atoms with Gasteiger partial charge in [-0.2, -0.15) is 4.91 Å². The molecule has 0 amide bonds. The Hall–Kier alpha value is -2.75. The maximum absolute atomic E-state index is 13.5. The van der Waals surface area contributed by atoms with E-state index in [1.165, 1.54) is 22.4 Å². The molecule has 0 spiro atoms. The summed E-state index contributed by atoms with van der Waals surface area (Å²) < 4.78 is 5.56. The van der Waals surface area contributed by atoms with Crippen LogP contribution in [-0.4, -0.2) is 49.8 Å². The molecule has 6 rings (SSSR count). The van der Waals surface area contributed by atoms with Crippen LogP contribution in [0.4, 0.5) is 5.69 Å². The molecule has 0 bridgehead atoms. The molecule has 7 atom stereocenters. The average molecular weight is 543 g/mol. The van der Waals surface area contributed by atoms with E-state index < -0.39 is 5.41 Å². The highest BCUT2D eigenvalue weighted by molar-refractivity contribution is 5.87. The predicted octanol–water partition coefficient (Wildman–Crippen LogP) is 5.81. The second-order valence-electron chi connectivity index (χ2n) is 12.9. The Morgan fingerprint density at radius 1 is 1.20 bits per heavy atom. The molecule has 1 aromatic carbocycles. The van der Waals surface area contributed by atoms with Gasteiger partial charge < -0.3 is 14.7 Å². The van der Waals surface area contributed by atoms with Crippen LogP contribution in [0.5, 0.6) is 0 Å². The van der Waals surface area contributed by atoms with Gasteiger partial charge in [-0.1, -0.05) is 54.6 Å². The van der Waals surface area contributed by atoms with Crippen LogP contribution in [0.3, 0.4) is 0 Å². The van der Waals surface area contributed by atoms with Gasteiger partial charge in [0.05, 0.1) is 18.6 Å². The molecule has 1 aliphatic heterocycles. The average Bonchev–Trinajstić information content (AvgIpc) is 3.29. The Balaban J connectivity index is 1.49. The van der Waals surface area contributed by atoms with Crippen molar-refractivity contribution in [3.63, 3.8) is 0 Å². The lowest BCUT2D eigenvalue weighted by Crippen LogP contribution is -2.50. The summed E-state index contributed by atoms with van der Waals surface area (Å²) in [4.78, 5) is 27.3. The molecular formula is C34H42N2O4. The van der Waals surface area contributed by atoms with E-state index >= 15 is 0 Å². The number of carbonyl (C=O) groups excluding carboxylic acids is 1. The van der Waals surface area contributed by atoms with Gasteiger partial charge in [-0.25, -0.2) is 0 Å². The summed E-state index contributed by atoms with van der Waals surface area (Å²) in [5.41, 5.74) is 5.83. The highest BCUT2D eigenvalue weighted by atomic mass is 16.5. The molecule has 0 radical (unpaired) electrons. The first-order valence-electron chi connectivity index (χ1n) is 15.1. The van der Waals surface area contributed by atoms with Gasteiger partial charge >= 0.3 is 0 Å². The van der Waals surface area contributed by atoms with Crippen molar-refractivity contribution in [2.75, 3.05) is 37.8 Å². The third-order valence-corrected chi connectivity index (χ3v) is 11.2. The number of allylic oxidation sites excluding steroid dienone is 3. The van der Waals surface area contributed by atoms with E-state index in [-0.39, 0.29) is 29.8 Å². The van der Waals surface area contributed by atoms with Crippen LogP contribution in [0.25, 0.3) is 0 Å². The van der Waals surface area contributed by atoms with Crippen molar-refractivity contribution < 1.29 is 14.6 Å². The standard InChI is InChI=1S/C34H42N2O4/c1-22-19-29-31-11-13-34(23(2)38,12-4-16-37)33(31,3)21-30(32(29)27-10-7-25(35-39)20-28(22)27)24-5-8-26(9-6-24)36-14-17-40-18-15-36/h5-6,8-9,20,22,25,29-31,37H,7,10-11,13-19,21H2,1-3H3/t22?,25?,29-,30?,31-,33-,34+/m0/s1. The maximum atomic E-state index is 13.5. The highest BCUT2D eigenvalue weighted by Gasteiger charge is 2.65. The van der Waals surface area contributed by atoms with Gasteiger partial charge in [-0.3, -0.25) is 4.79 Å². The number of anilines is 1. The fourth-order valence-corrected chi connectivity index (χ4v) is 9.29. The molecule has 3 fully saturated rings. The van der Waals surface area contributed by atoms with Gasteiger partial charge in [0.2, 0.25) is 0 Å². The number of benzene rings is 1. The van der Waals surface area contributed by atoms with Crippen molar-refractivity contribution >= 4 is 11.5 Å². The monoisotopic (exact) mass is 542 g/mol. The Bertz CT molecular complexity index is 1300. The largest absolute Gasteiger partial charge is 0.384 e. The zero-order chi connectivity index (χ0) is 28.1. The third-order valence-electron chi connectivity index (χ3n) is 11.2. The highest BCUT2D eigenvalue weighted by Crippen LogP contribution is 2.70. The number of Topliss-reactive ketones (excluding diaryl/α,β-unsaturated/α-hetero) is 1. The molecular weight excluding hydrogens is 500 g/mol. The Morgan fingerprint density at radius 3 is 2.62 bits per heavy atom. The van der Waals surface area contributed by atoms with E-state index in [0.717, 1.165) is 64.8 Å². The number of aliphatic hydroxyl groups excluding tert-OH is 1. The predicted molar refractivity (Wildman–Crippen MR) is 157 cm³/mol. The number of morpholine rings is 1. The number of aliphatic hydroxyl groups is 1. The molecule has 212 valence electrons. The molecule has 1 saturated heterocycles. The number of hydrogen-bond donors (Lipinski definition) is 1. The topological polar surface area (TPSA) is 79.2 Å². The summed E-state index contributed by atoms with van der Waals surface area (Å²) in [5, 5.41) is 13.0. The second-order valence-corrected chi connectivity index (χ2v) is 12.9. The smallest absolute Gasteiger partial charge is 0.148 e. The van der Waals surface area contributed by atoms with Crippen molar-refractivity contribution in [1.82, 2.24) is 0 Å². The molecule has 40 heavy (non-hydrogen) atoms. The van der Waals surface area contributed by atoms with Crippen molar-refractivity contribution in [3.8, 4) is 11.8 Å². The molecule has 1 N–H and O–H groups in total. The third kappa shape index (κ3) is 4.20. The van der Waals surface area contributed by atoms with E-state index in [4.69, 9.17) is 4.74 Å². The summed E-state index contributed by atoms with van der Waals surface area (Å²) in [6, 6.07) is 8.87. The number of fused-ring (bicyclic) bond motifs is 4. The van der Waals surface area contributed by atoms with E-state index in [1.54, 1.807) is 12.5 Å². The summed E-state index contributed by atoms with van der Waals surface area (Å²) in [6.45, 7) is 9.42. The van der Waals surface area contributed by atoms with E-state index in [9.17, 15) is 14.8 Å². The first kappa shape index (κ1) is 27.4. The Labute approximate surface area is 238 Å². The SMILES string of the molecule is CC(=O)[C@@]1(C#CCO)CC[C@H]2[C@@H]3CC(C)C4=CC(N=O)CCC4=C3C(c3ccc(N4CCOCC4)cc3)C[C@@]21C. The van der Waals surface area contributed by atoms with Crippen LogP contribution in [-0.2, 0) is 9.53 Å². The molecule has 5 aliphatic rings. The fourth-order valence-electron chi connectivity index (χ4n) is 9.29. The number of hydrogen-bond acceptors (Lipinski definition) is 6. The molecule has 4 aliphatic carbocycles.